The second-order valence-corrected chi connectivity index (χ2v) is 4.80. The predicted molar refractivity (Wildman–Crippen MR) is 76.7 cm³/mol. The third-order valence-electron chi connectivity index (χ3n) is 2.77. The summed E-state index contributed by atoms with van der Waals surface area (Å²) < 4.78 is 5.13. The van der Waals surface area contributed by atoms with Crippen LogP contribution in [-0.2, 0) is 6.54 Å². The monoisotopic (exact) mass is 279 g/mol. The van der Waals surface area contributed by atoms with Crippen LogP contribution >= 0.6 is 11.8 Å². The first-order valence-corrected chi connectivity index (χ1v) is 7.13. The summed E-state index contributed by atoms with van der Waals surface area (Å²) in [4.78, 5) is 8.73. The Labute approximate surface area is 116 Å². The summed E-state index contributed by atoms with van der Waals surface area (Å²) in [5, 5.41) is 11.0. The van der Waals surface area contributed by atoms with E-state index in [1.807, 2.05) is 33.2 Å². The molecule has 0 saturated carbocycles. The van der Waals surface area contributed by atoms with Crippen LogP contribution in [-0.4, -0.2) is 28.4 Å². The Kier molecular flexibility index (Phi) is 4.26. The normalized spacial score (nSPS) is 10.5. The van der Waals surface area contributed by atoms with E-state index in [0.29, 0.717) is 6.54 Å². The van der Waals surface area contributed by atoms with Crippen LogP contribution in [0.25, 0.3) is 0 Å². The fourth-order valence-electron chi connectivity index (χ4n) is 1.67. The van der Waals surface area contributed by atoms with Gasteiger partial charge in [-0.15, -0.1) is 0 Å². The standard InChI is InChI=1S/C12H17N5OS/c1-7-9(8(2)18-17-7)6-14-11-5-10(13-3)15-12(16-11)19-4/h5H,6H2,1-4H3,(H2,13,14,15,16). The minimum absolute atomic E-state index is 0.634. The molecule has 0 unspecified atom stereocenters. The van der Waals surface area contributed by atoms with E-state index in [9.17, 15) is 0 Å². The van der Waals surface area contributed by atoms with Crippen molar-refractivity contribution in [2.45, 2.75) is 25.5 Å². The molecule has 7 heteroatoms. The number of aryl methyl sites for hydroxylation is 2. The molecule has 0 atom stereocenters. The van der Waals surface area contributed by atoms with Crippen molar-refractivity contribution in [2.75, 3.05) is 23.9 Å². The molecule has 102 valence electrons. The molecule has 0 spiro atoms. The highest BCUT2D eigenvalue weighted by Gasteiger charge is 2.09. The van der Waals surface area contributed by atoms with Gasteiger partial charge in [-0.3, -0.25) is 0 Å². The second kappa shape index (κ2) is 5.92. The van der Waals surface area contributed by atoms with Gasteiger partial charge >= 0.3 is 0 Å². The van der Waals surface area contributed by atoms with E-state index in [0.717, 1.165) is 33.8 Å². The maximum atomic E-state index is 5.13. The Morgan fingerprint density at radius 2 is 2.00 bits per heavy atom. The third kappa shape index (κ3) is 3.17. The lowest BCUT2D eigenvalue weighted by atomic mass is 10.2. The van der Waals surface area contributed by atoms with Gasteiger partial charge in [0, 0.05) is 25.2 Å². The minimum Gasteiger partial charge on any atom is -0.373 e. The Morgan fingerprint density at radius 1 is 1.26 bits per heavy atom. The maximum absolute atomic E-state index is 5.13. The number of thioether (sulfide) groups is 1. The number of nitrogens with one attached hydrogen (secondary N) is 2. The van der Waals surface area contributed by atoms with Gasteiger partial charge in [0.15, 0.2) is 5.16 Å². The lowest BCUT2D eigenvalue weighted by Gasteiger charge is -2.08. The highest BCUT2D eigenvalue weighted by atomic mass is 32.2. The molecular formula is C12H17N5OS. The van der Waals surface area contributed by atoms with Gasteiger partial charge in [-0.25, -0.2) is 9.97 Å². The molecule has 0 saturated heterocycles. The number of hydrogen-bond acceptors (Lipinski definition) is 7. The molecule has 2 heterocycles. The number of hydrogen-bond donors (Lipinski definition) is 2. The molecule has 0 aliphatic rings. The van der Waals surface area contributed by atoms with Gasteiger partial charge in [-0.2, -0.15) is 0 Å². The van der Waals surface area contributed by atoms with Crippen molar-refractivity contribution in [3.05, 3.63) is 23.1 Å². The maximum Gasteiger partial charge on any atom is 0.191 e. The summed E-state index contributed by atoms with van der Waals surface area (Å²) in [6, 6.07) is 1.87. The lowest BCUT2D eigenvalue weighted by Crippen LogP contribution is -2.05. The minimum atomic E-state index is 0.634. The molecule has 0 amide bonds. The van der Waals surface area contributed by atoms with Gasteiger partial charge in [-0.1, -0.05) is 16.9 Å². The largest absolute Gasteiger partial charge is 0.373 e. The average molecular weight is 279 g/mol. The van der Waals surface area contributed by atoms with Crippen molar-refractivity contribution in [3.8, 4) is 0 Å². The van der Waals surface area contributed by atoms with E-state index in [-0.39, 0.29) is 0 Å². The van der Waals surface area contributed by atoms with Crippen LogP contribution in [0.15, 0.2) is 15.7 Å². The molecule has 0 fully saturated rings. The first-order chi connectivity index (χ1) is 9.13. The topological polar surface area (TPSA) is 75.9 Å². The molecular weight excluding hydrogens is 262 g/mol. The Bertz CT molecular complexity index is 527. The smallest absolute Gasteiger partial charge is 0.191 e. The van der Waals surface area contributed by atoms with Gasteiger partial charge in [0.2, 0.25) is 0 Å². The van der Waals surface area contributed by atoms with Crippen LogP contribution in [0.1, 0.15) is 17.0 Å². The van der Waals surface area contributed by atoms with E-state index in [1.54, 1.807) is 0 Å². The SMILES string of the molecule is CNc1cc(NCc2c(C)noc2C)nc(SC)n1. The zero-order valence-corrected chi connectivity index (χ0v) is 12.3. The highest BCUT2D eigenvalue weighted by Crippen LogP contribution is 2.19. The van der Waals surface area contributed by atoms with E-state index in [4.69, 9.17) is 4.52 Å². The Morgan fingerprint density at radius 3 is 2.58 bits per heavy atom. The van der Waals surface area contributed by atoms with Crippen LogP contribution in [0.4, 0.5) is 11.6 Å². The van der Waals surface area contributed by atoms with Crippen LogP contribution in [0, 0.1) is 13.8 Å². The summed E-state index contributed by atoms with van der Waals surface area (Å²) in [6.45, 7) is 4.47. The molecule has 2 rings (SSSR count). The Hall–Kier alpha value is -1.76. The average Bonchev–Trinajstić information content (AvgIpc) is 2.75. The van der Waals surface area contributed by atoms with Crippen molar-refractivity contribution in [1.82, 2.24) is 15.1 Å². The molecule has 0 aliphatic heterocycles. The van der Waals surface area contributed by atoms with Crippen LogP contribution in [0.3, 0.4) is 0 Å². The second-order valence-electron chi connectivity index (χ2n) is 4.03. The van der Waals surface area contributed by atoms with E-state index in [2.05, 4.69) is 25.8 Å². The number of anilines is 2. The zero-order chi connectivity index (χ0) is 13.8. The van der Waals surface area contributed by atoms with Gasteiger partial charge < -0.3 is 15.2 Å². The molecule has 0 radical (unpaired) electrons. The van der Waals surface area contributed by atoms with Crippen molar-refractivity contribution in [1.29, 1.82) is 0 Å². The van der Waals surface area contributed by atoms with Gasteiger partial charge in [0.1, 0.15) is 17.4 Å². The molecule has 2 aromatic heterocycles. The van der Waals surface area contributed by atoms with Crippen LogP contribution in [0.2, 0.25) is 0 Å². The molecule has 19 heavy (non-hydrogen) atoms. The zero-order valence-electron chi connectivity index (χ0n) is 11.4. The molecule has 6 nitrogen and oxygen atoms in total. The number of rotatable bonds is 5. The van der Waals surface area contributed by atoms with Crippen molar-refractivity contribution >= 4 is 23.4 Å². The fourth-order valence-corrected chi connectivity index (χ4v) is 2.05. The van der Waals surface area contributed by atoms with E-state index < -0.39 is 0 Å². The van der Waals surface area contributed by atoms with Gasteiger partial charge in [0.05, 0.1) is 5.69 Å². The summed E-state index contributed by atoms with van der Waals surface area (Å²) >= 11 is 1.51. The summed E-state index contributed by atoms with van der Waals surface area (Å²) in [5.74, 6) is 2.40. The highest BCUT2D eigenvalue weighted by molar-refractivity contribution is 7.98. The molecule has 0 aromatic carbocycles. The summed E-state index contributed by atoms with van der Waals surface area (Å²) in [5.41, 5.74) is 1.97. The van der Waals surface area contributed by atoms with Gasteiger partial charge in [0.25, 0.3) is 0 Å². The number of nitrogens with zero attached hydrogens (tertiary/aromatic N) is 3. The van der Waals surface area contributed by atoms with Crippen molar-refractivity contribution in [3.63, 3.8) is 0 Å². The van der Waals surface area contributed by atoms with E-state index >= 15 is 0 Å². The first-order valence-electron chi connectivity index (χ1n) is 5.90. The number of aromatic nitrogens is 3. The van der Waals surface area contributed by atoms with Gasteiger partial charge in [-0.05, 0) is 20.1 Å². The molecule has 0 aliphatic carbocycles. The van der Waals surface area contributed by atoms with Crippen molar-refractivity contribution < 1.29 is 4.52 Å². The Balaban J connectivity index is 2.15. The summed E-state index contributed by atoms with van der Waals surface area (Å²) in [7, 11) is 1.84. The molecule has 0 bridgehead atoms. The van der Waals surface area contributed by atoms with Crippen molar-refractivity contribution in [2.24, 2.45) is 0 Å². The van der Waals surface area contributed by atoms with E-state index in [1.165, 1.54) is 11.8 Å². The third-order valence-corrected chi connectivity index (χ3v) is 3.32. The molecule has 2 N–H and O–H groups in total. The molecule has 2 aromatic rings. The first kappa shape index (κ1) is 13.7. The van der Waals surface area contributed by atoms with Crippen LogP contribution in [0.5, 0.6) is 0 Å². The predicted octanol–water partition coefficient (Wildman–Crippen LogP) is 2.46. The quantitative estimate of drug-likeness (QED) is 0.643. The summed E-state index contributed by atoms with van der Waals surface area (Å²) in [6.07, 6.45) is 1.95. The van der Waals surface area contributed by atoms with Crippen LogP contribution < -0.4 is 10.6 Å². The fraction of sp³-hybridized carbons (Fsp3) is 0.417. The lowest BCUT2D eigenvalue weighted by molar-refractivity contribution is 0.392.